The van der Waals surface area contributed by atoms with Crippen molar-refractivity contribution in [2.24, 2.45) is 5.73 Å². The average Bonchev–Trinajstić information content (AvgIpc) is 3.19. The van der Waals surface area contributed by atoms with Crippen molar-refractivity contribution in [3.05, 3.63) is 89.9 Å². The number of rotatable bonds is 6. The number of aromatic nitrogens is 1. The second-order valence-corrected chi connectivity index (χ2v) is 9.39. The molecule has 0 aliphatic heterocycles. The van der Waals surface area contributed by atoms with E-state index in [2.05, 4.69) is 0 Å². The molecule has 0 saturated carbocycles. The molecule has 0 aliphatic rings. The summed E-state index contributed by atoms with van der Waals surface area (Å²) in [6.45, 7) is 5.36. The van der Waals surface area contributed by atoms with Gasteiger partial charge in [0, 0.05) is 5.39 Å². The first-order chi connectivity index (χ1) is 17.0. The molecule has 7 nitrogen and oxygen atoms in total. The highest BCUT2D eigenvalue weighted by Gasteiger charge is 2.23. The molecular formula is C28H27FN2O5. The highest BCUT2D eigenvalue weighted by atomic mass is 19.1. The summed E-state index contributed by atoms with van der Waals surface area (Å²) < 4.78 is 26.7. The highest BCUT2D eigenvalue weighted by molar-refractivity contribution is 5.91. The number of primary amides is 1. The molecule has 1 unspecified atom stereocenters. The van der Waals surface area contributed by atoms with E-state index in [0.29, 0.717) is 27.9 Å². The third-order valence-corrected chi connectivity index (χ3v) is 5.49. The van der Waals surface area contributed by atoms with Crippen molar-refractivity contribution in [1.29, 1.82) is 0 Å². The third kappa shape index (κ3) is 5.55. The maximum Gasteiger partial charge on any atom is 0.419 e. The van der Waals surface area contributed by atoms with Crippen LogP contribution in [0, 0.1) is 5.82 Å². The van der Waals surface area contributed by atoms with Gasteiger partial charge < -0.3 is 20.3 Å². The Balaban J connectivity index is 1.53. The largest absolute Gasteiger partial charge is 0.487 e. The van der Waals surface area contributed by atoms with Crippen LogP contribution in [0.4, 0.5) is 9.18 Å². The Bertz CT molecular complexity index is 1400. The lowest BCUT2D eigenvalue weighted by Gasteiger charge is -2.21. The molecule has 0 aliphatic carbocycles. The lowest BCUT2D eigenvalue weighted by Crippen LogP contribution is -2.28. The minimum Gasteiger partial charge on any atom is -0.487 e. The van der Waals surface area contributed by atoms with Gasteiger partial charge in [0.15, 0.2) is 6.10 Å². The maximum atomic E-state index is 13.9. The van der Waals surface area contributed by atoms with Gasteiger partial charge in [-0.05, 0) is 73.9 Å². The van der Waals surface area contributed by atoms with Crippen LogP contribution in [0.25, 0.3) is 22.0 Å². The van der Waals surface area contributed by atoms with Gasteiger partial charge in [-0.15, -0.1) is 0 Å². The Morgan fingerprint density at radius 3 is 2.17 bits per heavy atom. The number of aliphatic hydroxyl groups is 1. The van der Waals surface area contributed by atoms with E-state index in [1.54, 1.807) is 69.3 Å². The molecule has 3 N–H and O–H groups in total. The minimum absolute atomic E-state index is 0.0641. The average molecular weight is 491 g/mol. The van der Waals surface area contributed by atoms with Crippen molar-refractivity contribution in [3.8, 4) is 16.9 Å². The topological polar surface area (TPSA) is 104 Å². The Morgan fingerprint density at radius 1 is 0.972 bits per heavy atom. The number of carbonyl (C=O) groups excluding carboxylic acids is 2. The summed E-state index contributed by atoms with van der Waals surface area (Å²) in [6, 6.07) is 20.2. The smallest absolute Gasteiger partial charge is 0.419 e. The third-order valence-electron chi connectivity index (χ3n) is 5.49. The first-order valence-electron chi connectivity index (χ1n) is 11.4. The second-order valence-electron chi connectivity index (χ2n) is 9.39. The molecule has 0 radical (unpaired) electrons. The first-order valence-corrected chi connectivity index (χ1v) is 11.4. The fraction of sp³-hybridized carbons (Fsp3) is 0.214. The van der Waals surface area contributed by atoms with E-state index in [9.17, 15) is 19.1 Å². The summed E-state index contributed by atoms with van der Waals surface area (Å²) >= 11 is 0. The van der Waals surface area contributed by atoms with Gasteiger partial charge in [0.05, 0.1) is 11.2 Å². The molecule has 0 spiro atoms. The molecule has 8 heteroatoms. The van der Waals surface area contributed by atoms with Gasteiger partial charge in [0.2, 0.25) is 0 Å². The fourth-order valence-electron chi connectivity index (χ4n) is 3.78. The van der Waals surface area contributed by atoms with Crippen LogP contribution >= 0.6 is 0 Å². The summed E-state index contributed by atoms with van der Waals surface area (Å²) in [5.41, 5.74) is 7.56. The van der Waals surface area contributed by atoms with E-state index < -0.39 is 29.5 Å². The summed E-state index contributed by atoms with van der Waals surface area (Å²) in [5.74, 6) is -0.683. The van der Waals surface area contributed by atoms with Gasteiger partial charge in [-0.2, -0.15) is 0 Å². The van der Waals surface area contributed by atoms with Crippen LogP contribution in [0.3, 0.4) is 0 Å². The number of hydrogen-bond donors (Lipinski definition) is 2. The van der Waals surface area contributed by atoms with Crippen molar-refractivity contribution >= 4 is 22.9 Å². The molecule has 0 saturated heterocycles. The van der Waals surface area contributed by atoms with Crippen LogP contribution in [0.1, 0.15) is 38.1 Å². The molecule has 3 aromatic carbocycles. The standard InChI is InChI=1S/C28H27FN2O5/c1-28(2,3)36-27(34)31-22(14-20-8-11-21(29)15-24(20)31)16-35-23-12-9-18(10-13-23)17-4-6-19(7-5-17)25(32)26(30)33/h4-15,25,32H,16H2,1-3H3,(H2,30,33). The van der Waals surface area contributed by atoms with Crippen molar-refractivity contribution in [1.82, 2.24) is 4.57 Å². The number of ether oxygens (including phenoxy) is 2. The van der Waals surface area contributed by atoms with Crippen LogP contribution in [0.15, 0.2) is 72.8 Å². The fourth-order valence-corrected chi connectivity index (χ4v) is 3.78. The van der Waals surface area contributed by atoms with Crippen LogP contribution in [0.5, 0.6) is 5.75 Å². The van der Waals surface area contributed by atoms with Crippen LogP contribution in [-0.4, -0.2) is 27.3 Å². The quantitative estimate of drug-likeness (QED) is 0.380. The van der Waals surface area contributed by atoms with Gasteiger partial charge in [0.1, 0.15) is 23.8 Å². The van der Waals surface area contributed by atoms with Gasteiger partial charge in [-0.3, -0.25) is 4.79 Å². The predicted octanol–water partition coefficient (Wildman–Crippen LogP) is 5.33. The number of amides is 1. The summed E-state index contributed by atoms with van der Waals surface area (Å²) in [5, 5.41) is 10.5. The van der Waals surface area contributed by atoms with Crippen molar-refractivity contribution in [2.75, 3.05) is 0 Å². The molecule has 1 aromatic heterocycles. The van der Waals surface area contributed by atoms with E-state index in [-0.39, 0.29) is 6.61 Å². The molecular weight excluding hydrogens is 463 g/mol. The van der Waals surface area contributed by atoms with Crippen molar-refractivity contribution in [2.45, 2.75) is 39.1 Å². The first kappa shape index (κ1) is 24.9. The van der Waals surface area contributed by atoms with Gasteiger partial charge >= 0.3 is 6.09 Å². The van der Waals surface area contributed by atoms with Gasteiger partial charge in [-0.25, -0.2) is 13.8 Å². The Kier molecular flexibility index (Phi) is 6.81. The highest BCUT2D eigenvalue weighted by Crippen LogP contribution is 2.27. The Hall–Kier alpha value is -4.17. The van der Waals surface area contributed by atoms with Crippen molar-refractivity contribution < 1.29 is 28.6 Å². The number of aliphatic hydroxyl groups excluding tert-OH is 1. The summed E-state index contributed by atoms with van der Waals surface area (Å²) in [7, 11) is 0. The Morgan fingerprint density at radius 2 is 1.58 bits per heavy atom. The number of hydrogen-bond acceptors (Lipinski definition) is 5. The normalized spacial score (nSPS) is 12.4. The van der Waals surface area contributed by atoms with Crippen LogP contribution < -0.4 is 10.5 Å². The number of fused-ring (bicyclic) bond motifs is 1. The summed E-state index contributed by atoms with van der Waals surface area (Å²) in [4.78, 5) is 24.1. The molecule has 1 heterocycles. The predicted molar refractivity (Wildman–Crippen MR) is 134 cm³/mol. The zero-order valence-electron chi connectivity index (χ0n) is 20.2. The monoisotopic (exact) mass is 490 g/mol. The SMILES string of the molecule is CC(C)(C)OC(=O)n1c(COc2ccc(-c3ccc(C(O)C(N)=O)cc3)cc2)cc2ccc(F)cc21. The lowest BCUT2D eigenvalue weighted by atomic mass is 10.0. The molecule has 36 heavy (non-hydrogen) atoms. The summed E-state index contributed by atoms with van der Waals surface area (Å²) in [6.07, 6.45) is -1.95. The van der Waals surface area contributed by atoms with Gasteiger partial charge in [0.25, 0.3) is 5.91 Å². The Labute approximate surface area is 207 Å². The van der Waals surface area contributed by atoms with E-state index in [0.717, 1.165) is 11.1 Å². The van der Waals surface area contributed by atoms with Crippen LogP contribution in [0.2, 0.25) is 0 Å². The number of halogens is 1. The zero-order chi connectivity index (χ0) is 26.0. The molecule has 4 rings (SSSR count). The zero-order valence-corrected chi connectivity index (χ0v) is 20.2. The minimum atomic E-state index is -1.34. The molecule has 0 bridgehead atoms. The molecule has 1 amide bonds. The number of nitrogens with two attached hydrogens (primary N) is 1. The van der Waals surface area contributed by atoms with Gasteiger partial charge in [-0.1, -0.05) is 36.4 Å². The molecule has 186 valence electrons. The van der Waals surface area contributed by atoms with Crippen LogP contribution in [-0.2, 0) is 16.1 Å². The molecule has 4 aromatic rings. The maximum absolute atomic E-state index is 13.9. The van der Waals surface area contributed by atoms with E-state index in [1.165, 1.54) is 16.7 Å². The number of nitrogens with zero attached hydrogens (tertiary/aromatic N) is 1. The second kappa shape index (κ2) is 9.83. The van der Waals surface area contributed by atoms with Crippen molar-refractivity contribution in [3.63, 3.8) is 0 Å². The van der Waals surface area contributed by atoms with E-state index in [4.69, 9.17) is 15.2 Å². The van der Waals surface area contributed by atoms with E-state index >= 15 is 0 Å². The number of benzene rings is 3. The molecule has 1 atom stereocenters. The van der Waals surface area contributed by atoms with E-state index in [1.807, 2.05) is 12.1 Å². The number of carbonyl (C=O) groups is 2. The molecule has 0 fully saturated rings. The lowest BCUT2D eigenvalue weighted by molar-refractivity contribution is -0.126.